The Hall–Kier alpha value is -4.81. The van der Waals surface area contributed by atoms with Crippen molar-refractivity contribution in [2.45, 2.75) is 20.4 Å². The summed E-state index contributed by atoms with van der Waals surface area (Å²) in [7, 11) is 1.54. The van der Waals surface area contributed by atoms with E-state index in [-0.39, 0.29) is 11.9 Å². The number of nitriles is 1. The number of methoxy groups -OCH3 is 1. The Kier molecular flexibility index (Phi) is 7.48. The van der Waals surface area contributed by atoms with Gasteiger partial charge >= 0.3 is 6.01 Å². The highest BCUT2D eigenvalue weighted by Crippen LogP contribution is 2.37. The van der Waals surface area contributed by atoms with Crippen LogP contribution in [0.3, 0.4) is 0 Å². The van der Waals surface area contributed by atoms with E-state index in [0.717, 1.165) is 5.56 Å². The second-order valence-electron chi connectivity index (χ2n) is 8.45. The molecule has 0 amide bonds. The van der Waals surface area contributed by atoms with E-state index in [4.69, 9.17) is 35.5 Å². The molecule has 0 aliphatic heterocycles. The predicted octanol–water partition coefficient (Wildman–Crippen LogP) is 6.70. The quantitative estimate of drug-likeness (QED) is 0.203. The molecule has 0 fully saturated rings. The molecule has 2 aromatic heterocycles. The Morgan fingerprint density at radius 1 is 0.923 bits per heavy atom. The molecule has 0 atom stereocenters. The smallest absolute Gasteiger partial charge is 0.327 e. The standard InChI is InChI=1S/C29H24ClN5O4/c1-4-37-24-11-10-20(16-31)12-25(24)39-28-26-27(35(18(2)32-26)17-19-8-6-5-7-9-19)33-29(34-28)38-23-14-21(30)13-22(15-23)36-3/h5-15H,4,17H2,1-3H3. The molecule has 0 saturated carbocycles. The van der Waals surface area contributed by atoms with Crippen LogP contribution in [-0.4, -0.2) is 33.2 Å². The first kappa shape index (κ1) is 25.8. The number of benzene rings is 3. The third-order valence-corrected chi connectivity index (χ3v) is 6.00. The van der Waals surface area contributed by atoms with Crippen LogP contribution >= 0.6 is 11.6 Å². The summed E-state index contributed by atoms with van der Waals surface area (Å²) in [5, 5.41) is 9.88. The molecule has 5 rings (SSSR count). The monoisotopic (exact) mass is 541 g/mol. The van der Waals surface area contributed by atoms with Gasteiger partial charge in [0.15, 0.2) is 22.7 Å². The maximum absolute atomic E-state index is 9.45. The third kappa shape index (κ3) is 5.71. The van der Waals surface area contributed by atoms with Crippen LogP contribution < -0.4 is 18.9 Å². The second kappa shape index (κ2) is 11.3. The zero-order valence-corrected chi connectivity index (χ0v) is 22.3. The maximum atomic E-state index is 9.45. The summed E-state index contributed by atoms with van der Waals surface area (Å²) in [6.45, 7) is 4.69. The minimum absolute atomic E-state index is 0.0189. The summed E-state index contributed by atoms with van der Waals surface area (Å²) in [6, 6.07) is 22.0. The highest BCUT2D eigenvalue weighted by atomic mass is 35.5. The maximum Gasteiger partial charge on any atom is 0.327 e. The number of ether oxygens (including phenoxy) is 4. The molecule has 39 heavy (non-hydrogen) atoms. The highest BCUT2D eigenvalue weighted by molar-refractivity contribution is 6.30. The van der Waals surface area contributed by atoms with Gasteiger partial charge in [-0.25, -0.2) is 4.98 Å². The number of imidazole rings is 1. The van der Waals surface area contributed by atoms with Crippen molar-refractivity contribution in [3.63, 3.8) is 0 Å². The van der Waals surface area contributed by atoms with Gasteiger partial charge in [-0.15, -0.1) is 0 Å². The topological polar surface area (TPSA) is 104 Å². The number of halogens is 1. The van der Waals surface area contributed by atoms with Gasteiger partial charge in [0.05, 0.1) is 31.9 Å². The van der Waals surface area contributed by atoms with Crippen molar-refractivity contribution >= 4 is 22.8 Å². The van der Waals surface area contributed by atoms with Crippen molar-refractivity contribution in [2.75, 3.05) is 13.7 Å². The zero-order chi connectivity index (χ0) is 27.4. The van der Waals surface area contributed by atoms with Gasteiger partial charge in [0.1, 0.15) is 17.3 Å². The lowest BCUT2D eigenvalue weighted by atomic mass is 10.2. The Morgan fingerprint density at radius 3 is 2.46 bits per heavy atom. The van der Waals surface area contributed by atoms with Crippen LogP contribution in [0.25, 0.3) is 11.2 Å². The predicted molar refractivity (Wildman–Crippen MR) is 146 cm³/mol. The molecule has 0 N–H and O–H groups in total. The number of aryl methyl sites for hydroxylation is 1. The summed E-state index contributed by atoms with van der Waals surface area (Å²) in [6.07, 6.45) is 0. The largest absolute Gasteiger partial charge is 0.497 e. The molecular formula is C29H24ClN5O4. The first-order valence-corrected chi connectivity index (χ1v) is 12.5. The SMILES string of the molecule is CCOc1ccc(C#N)cc1Oc1nc(Oc2cc(Cl)cc(OC)c2)nc2c1nc(C)n2Cc1ccccc1. The van der Waals surface area contributed by atoms with Crippen molar-refractivity contribution in [1.29, 1.82) is 5.26 Å². The van der Waals surface area contributed by atoms with E-state index in [2.05, 4.69) is 16.0 Å². The molecule has 10 heteroatoms. The van der Waals surface area contributed by atoms with Crippen molar-refractivity contribution in [2.24, 2.45) is 0 Å². The number of fused-ring (bicyclic) bond motifs is 1. The highest BCUT2D eigenvalue weighted by Gasteiger charge is 2.21. The van der Waals surface area contributed by atoms with Gasteiger partial charge in [-0.3, -0.25) is 0 Å². The molecule has 5 aromatic rings. The lowest BCUT2D eigenvalue weighted by Crippen LogP contribution is -2.04. The summed E-state index contributed by atoms with van der Waals surface area (Å²) >= 11 is 6.24. The van der Waals surface area contributed by atoms with Gasteiger partial charge in [0.2, 0.25) is 0 Å². The first-order valence-electron chi connectivity index (χ1n) is 12.1. The number of nitrogens with zero attached hydrogens (tertiary/aromatic N) is 5. The summed E-state index contributed by atoms with van der Waals surface area (Å²) in [4.78, 5) is 14.0. The van der Waals surface area contributed by atoms with Crippen LogP contribution in [-0.2, 0) is 6.54 Å². The summed E-state index contributed by atoms with van der Waals surface area (Å²) < 4.78 is 25.3. The lowest BCUT2D eigenvalue weighted by Gasteiger charge is -2.13. The molecule has 0 saturated heterocycles. The fraction of sp³-hybridized carbons (Fsp3) is 0.172. The van der Waals surface area contributed by atoms with E-state index in [1.54, 1.807) is 43.5 Å². The first-order chi connectivity index (χ1) is 19.0. The lowest BCUT2D eigenvalue weighted by molar-refractivity contribution is 0.319. The number of hydrogen-bond donors (Lipinski definition) is 0. The number of hydrogen-bond acceptors (Lipinski definition) is 8. The molecule has 9 nitrogen and oxygen atoms in total. The fourth-order valence-corrected chi connectivity index (χ4v) is 4.21. The van der Waals surface area contributed by atoms with Crippen LogP contribution in [0.5, 0.6) is 34.9 Å². The average Bonchev–Trinajstić information content (AvgIpc) is 3.25. The Balaban J connectivity index is 1.65. The van der Waals surface area contributed by atoms with Gasteiger partial charge in [-0.2, -0.15) is 15.2 Å². The van der Waals surface area contributed by atoms with E-state index in [1.807, 2.05) is 48.7 Å². The zero-order valence-electron chi connectivity index (χ0n) is 21.5. The number of aromatic nitrogens is 4. The average molecular weight is 542 g/mol. The van der Waals surface area contributed by atoms with Gasteiger partial charge in [-0.05, 0) is 43.7 Å². The Morgan fingerprint density at radius 2 is 1.72 bits per heavy atom. The van der Waals surface area contributed by atoms with Gasteiger partial charge in [0, 0.05) is 17.2 Å². The molecule has 0 radical (unpaired) electrons. The Labute approximate surface area is 230 Å². The van der Waals surface area contributed by atoms with Crippen LogP contribution in [0.15, 0.2) is 66.7 Å². The van der Waals surface area contributed by atoms with Crippen molar-refractivity contribution in [1.82, 2.24) is 19.5 Å². The molecular weight excluding hydrogens is 518 g/mol. The van der Waals surface area contributed by atoms with E-state index < -0.39 is 0 Å². The minimum atomic E-state index is 0.0189. The van der Waals surface area contributed by atoms with Crippen LogP contribution in [0, 0.1) is 18.3 Å². The molecule has 0 bridgehead atoms. The van der Waals surface area contributed by atoms with E-state index in [9.17, 15) is 5.26 Å². The van der Waals surface area contributed by atoms with Crippen molar-refractivity contribution < 1.29 is 18.9 Å². The second-order valence-corrected chi connectivity index (χ2v) is 8.89. The molecule has 3 aromatic carbocycles. The van der Waals surface area contributed by atoms with Gasteiger partial charge in [-0.1, -0.05) is 41.9 Å². The van der Waals surface area contributed by atoms with E-state index in [0.29, 0.717) is 63.7 Å². The molecule has 2 heterocycles. The van der Waals surface area contributed by atoms with E-state index in [1.165, 1.54) is 0 Å². The normalized spacial score (nSPS) is 10.7. The molecule has 196 valence electrons. The number of rotatable bonds is 9. The summed E-state index contributed by atoms with van der Waals surface area (Å²) in [5.74, 6) is 2.55. The van der Waals surface area contributed by atoms with Crippen LogP contribution in [0.4, 0.5) is 0 Å². The molecule has 0 unspecified atom stereocenters. The minimum Gasteiger partial charge on any atom is -0.497 e. The van der Waals surface area contributed by atoms with Crippen molar-refractivity contribution in [3.05, 3.63) is 88.7 Å². The molecule has 0 aliphatic carbocycles. The van der Waals surface area contributed by atoms with Gasteiger partial charge < -0.3 is 23.5 Å². The molecule has 0 spiro atoms. The summed E-state index contributed by atoms with van der Waals surface area (Å²) in [5.41, 5.74) is 2.43. The van der Waals surface area contributed by atoms with Crippen LogP contribution in [0.1, 0.15) is 23.9 Å². The Bertz CT molecular complexity index is 1680. The molecule has 0 aliphatic rings. The van der Waals surface area contributed by atoms with E-state index >= 15 is 0 Å². The fourth-order valence-electron chi connectivity index (χ4n) is 3.99. The van der Waals surface area contributed by atoms with Gasteiger partial charge in [0.25, 0.3) is 5.88 Å². The third-order valence-electron chi connectivity index (χ3n) is 5.79. The van der Waals surface area contributed by atoms with Crippen LogP contribution in [0.2, 0.25) is 5.02 Å². The van der Waals surface area contributed by atoms with Crippen molar-refractivity contribution in [3.8, 4) is 41.0 Å².